The highest BCUT2D eigenvalue weighted by Gasteiger charge is 2.61. The topological polar surface area (TPSA) is 60.7 Å². The van der Waals surface area contributed by atoms with E-state index >= 15 is 0 Å². The molecule has 0 saturated heterocycles. The molecule has 3 N–H and O–H groups in total. The Labute approximate surface area is 184 Å². The van der Waals surface area contributed by atoms with E-state index in [4.69, 9.17) is 0 Å². The minimum atomic E-state index is -0.157. The Morgan fingerprint density at radius 3 is 2.57 bits per heavy atom. The monoisotopic (exact) mass is 418 g/mol. The van der Waals surface area contributed by atoms with Crippen LogP contribution < -0.4 is 0 Å². The van der Waals surface area contributed by atoms with Crippen molar-refractivity contribution in [3.8, 4) is 0 Å². The van der Waals surface area contributed by atoms with Crippen molar-refractivity contribution in [2.24, 2.45) is 46.3 Å². The first-order chi connectivity index (χ1) is 14.2. The summed E-state index contributed by atoms with van der Waals surface area (Å²) in [5, 5.41) is 30.8. The van der Waals surface area contributed by atoms with Gasteiger partial charge in [-0.3, -0.25) is 0 Å². The lowest BCUT2D eigenvalue weighted by Gasteiger charge is -2.58. The van der Waals surface area contributed by atoms with E-state index < -0.39 is 0 Å². The zero-order valence-electron chi connectivity index (χ0n) is 19.8. The van der Waals surface area contributed by atoms with Crippen molar-refractivity contribution in [1.82, 2.24) is 0 Å². The van der Waals surface area contributed by atoms with E-state index in [1.165, 1.54) is 24.8 Å². The maximum absolute atomic E-state index is 11.2. The number of aliphatic hydroxyl groups excluding tert-OH is 3. The molecule has 0 amide bonds. The number of allylic oxidation sites excluding steroid dienone is 1. The zero-order valence-corrected chi connectivity index (χ0v) is 19.8. The Hall–Kier alpha value is -0.380. The number of hydrogen-bond donors (Lipinski definition) is 3. The van der Waals surface area contributed by atoms with Crippen LogP contribution in [0.25, 0.3) is 0 Å². The van der Waals surface area contributed by atoms with Gasteiger partial charge in [0.05, 0.1) is 12.2 Å². The molecule has 0 unspecified atom stereocenters. The molecule has 3 nitrogen and oxygen atoms in total. The lowest BCUT2D eigenvalue weighted by molar-refractivity contribution is -0.0620. The molecule has 3 saturated carbocycles. The van der Waals surface area contributed by atoms with Crippen molar-refractivity contribution in [3.05, 3.63) is 11.6 Å². The van der Waals surface area contributed by atoms with E-state index in [2.05, 4.69) is 33.8 Å². The van der Waals surface area contributed by atoms with E-state index in [0.717, 1.165) is 50.9 Å². The summed E-state index contributed by atoms with van der Waals surface area (Å²) >= 11 is 0. The second-order valence-corrected chi connectivity index (χ2v) is 12.2. The van der Waals surface area contributed by atoms with Crippen molar-refractivity contribution >= 4 is 0 Å². The predicted molar refractivity (Wildman–Crippen MR) is 122 cm³/mol. The van der Waals surface area contributed by atoms with Crippen LogP contribution in [-0.2, 0) is 0 Å². The van der Waals surface area contributed by atoms with Gasteiger partial charge in [0.25, 0.3) is 0 Å². The molecule has 0 heterocycles. The van der Waals surface area contributed by atoms with Crippen LogP contribution in [0.2, 0.25) is 0 Å². The summed E-state index contributed by atoms with van der Waals surface area (Å²) in [5.41, 5.74) is 2.07. The summed E-state index contributed by atoms with van der Waals surface area (Å²) in [5.74, 6) is 3.43. The largest absolute Gasteiger partial charge is 0.396 e. The van der Waals surface area contributed by atoms with Gasteiger partial charge in [-0.25, -0.2) is 0 Å². The maximum atomic E-state index is 11.2. The third kappa shape index (κ3) is 3.71. The Bertz CT molecular complexity index is 644. The fourth-order valence-electron chi connectivity index (χ4n) is 8.78. The van der Waals surface area contributed by atoms with Crippen molar-refractivity contribution in [2.75, 3.05) is 6.61 Å². The quantitative estimate of drug-likeness (QED) is 0.511. The van der Waals surface area contributed by atoms with Crippen LogP contribution >= 0.6 is 0 Å². The Morgan fingerprint density at radius 2 is 1.83 bits per heavy atom. The molecule has 4 aliphatic rings. The van der Waals surface area contributed by atoms with E-state index in [1.807, 2.05) is 0 Å². The van der Waals surface area contributed by atoms with Gasteiger partial charge < -0.3 is 15.3 Å². The van der Waals surface area contributed by atoms with E-state index in [-0.39, 0.29) is 29.6 Å². The fourth-order valence-corrected chi connectivity index (χ4v) is 8.78. The van der Waals surface area contributed by atoms with E-state index in [0.29, 0.717) is 29.6 Å². The van der Waals surface area contributed by atoms with Gasteiger partial charge in [0.2, 0.25) is 0 Å². The molecular weight excluding hydrogens is 372 g/mol. The van der Waals surface area contributed by atoms with Crippen LogP contribution in [0.15, 0.2) is 11.6 Å². The molecule has 3 heteroatoms. The SMILES string of the molecule is C[C@@H](CO)CCC[C@H](C)[C@H]1[C@@H](O)C[C@H]2[C@@H]3CC=C4C[C@@H](O)CC[C@]4(C)[C@H]3CC[C@]12C. The van der Waals surface area contributed by atoms with Crippen molar-refractivity contribution < 1.29 is 15.3 Å². The molecule has 0 spiro atoms. The minimum Gasteiger partial charge on any atom is -0.396 e. The van der Waals surface area contributed by atoms with Gasteiger partial charge in [-0.05, 0) is 97.7 Å². The van der Waals surface area contributed by atoms with Crippen LogP contribution in [0.5, 0.6) is 0 Å². The summed E-state index contributed by atoms with van der Waals surface area (Å²) < 4.78 is 0. The van der Waals surface area contributed by atoms with Gasteiger partial charge in [-0.1, -0.05) is 52.2 Å². The fraction of sp³-hybridized carbons (Fsp3) is 0.926. The van der Waals surface area contributed by atoms with E-state index in [1.54, 1.807) is 0 Å². The molecule has 0 aromatic carbocycles. The summed E-state index contributed by atoms with van der Waals surface area (Å²) in [7, 11) is 0. The first-order valence-electron chi connectivity index (χ1n) is 12.9. The highest BCUT2D eigenvalue weighted by molar-refractivity contribution is 5.25. The Balaban J connectivity index is 1.50. The normalized spacial score (nSPS) is 47.6. The van der Waals surface area contributed by atoms with Gasteiger partial charge in [0.15, 0.2) is 0 Å². The number of rotatable bonds is 6. The van der Waals surface area contributed by atoms with Crippen LogP contribution in [0.4, 0.5) is 0 Å². The van der Waals surface area contributed by atoms with Crippen molar-refractivity contribution in [3.63, 3.8) is 0 Å². The molecule has 4 rings (SSSR count). The third-order valence-electron chi connectivity index (χ3n) is 10.5. The lowest BCUT2D eigenvalue weighted by Crippen LogP contribution is -2.51. The summed E-state index contributed by atoms with van der Waals surface area (Å²) in [6.45, 7) is 9.78. The molecule has 3 fully saturated rings. The molecule has 0 bridgehead atoms. The molecule has 0 aromatic rings. The highest BCUT2D eigenvalue weighted by atomic mass is 16.3. The smallest absolute Gasteiger partial charge is 0.0579 e. The van der Waals surface area contributed by atoms with E-state index in [9.17, 15) is 15.3 Å². The average molecular weight is 419 g/mol. The average Bonchev–Trinajstić information content (AvgIpc) is 2.98. The number of hydrogen-bond acceptors (Lipinski definition) is 3. The summed E-state index contributed by atoms with van der Waals surface area (Å²) in [6.07, 6.45) is 13.3. The summed E-state index contributed by atoms with van der Waals surface area (Å²) in [4.78, 5) is 0. The van der Waals surface area contributed by atoms with Crippen LogP contribution in [0, 0.1) is 46.3 Å². The minimum absolute atomic E-state index is 0.137. The maximum Gasteiger partial charge on any atom is 0.0579 e. The lowest BCUT2D eigenvalue weighted by atomic mass is 9.47. The molecule has 4 aliphatic carbocycles. The number of fused-ring (bicyclic) bond motifs is 5. The molecular formula is C27H46O3. The van der Waals surface area contributed by atoms with Gasteiger partial charge in [-0.15, -0.1) is 0 Å². The Morgan fingerprint density at radius 1 is 1.07 bits per heavy atom. The van der Waals surface area contributed by atoms with Gasteiger partial charge >= 0.3 is 0 Å². The second kappa shape index (κ2) is 8.52. The highest BCUT2D eigenvalue weighted by Crippen LogP contribution is 2.67. The van der Waals surface area contributed by atoms with Crippen LogP contribution in [-0.4, -0.2) is 34.1 Å². The number of aliphatic hydroxyl groups is 3. The molecule has 172 valence electrons. The van der Waals surface area contributed by atoms with Gasteiger partial charge in [0.1, 0.15) is 0 Å². The second-order valence-electron chi connectivity index (χ2n) is 12.2. The zero-order chi connectivity index (χ0) is 21.7. The van der Waals surface area contributed by atoms with Crippen LogP contribution in [0.1, 0.15) is 91.9 Å². The van der Waals surface area contributed by atoms with Crippen molar-refractivity contribution in [1.29, 1.82) is 0 Å². The standard InChI is InChI=1S/C27H46O3/c1-17(16-28)6-5-7-18(2)25-24(30)15-23-21-9-8-19-14-20(29)10-12-26(19,3)22(21)11-13-27(23,25)4/h8,17-18,20-25,28-30H,5-7,9-16H2,1-4H3/t17-,18+,20+,21-,22+,23+,24+,25+,26+,27+/m1/s1. The van der Waals surface area contributed by atoms with Gasteiger partial charge in [0, 0.05) is 6.61 Å². The molecule has 30 heavy (non-hydrogen) atoms. The van der Waals surface area contributed by atoms with Gasteiger partial charge in [-0.2, -0.15) is 0 Å². The first-order valence-corrected chi connectivity index (χ1v) is 12.9. The molecule has 0 radical (unpaired) electrons. The van der Waals surface area contributed by atoms with Crippen LogP contribution in [0.3, 0.4) is 0 Å². The Kier molecular flexibility index (Phi) is 6.48. The first kappa shape index (κ1) is 22.8. The third-order valence-corrected chi connectivity index (χ3v) is 10.5. The van der Waals surface area contributed by atoms with Crippen molar-refractivity contribution in [2.45, 2.75) is 104 Å². The molecule has 0 aromatic heterocycles. The summed E-state index contributed by atoms with van der Waals surface area (Å²) in [6, 6.07) is 0. The molecule has 10 atom stereocenters. The predicted octanol–water partition coefficient (Wildman–Crippen LogP) is 5.33. The molecule has 0 aliphatic heterocycles.